The average molecular weight is 226 g/mol. The van der Waals surface area contributed by atoms with E-state index in [1.54, 1.807) is 7.11 Å². The first-order valence-electron chi connectivity index (χ1n) is 7.05. The molecule has 0 saturated heterocycles. The molecule has 0 aliphatic rings. The molecule has 0 rings (SSSR count). The molecule has 0 aliphatic heterocycles. The fraction of sp³-hybridized carbons (Fsp3) is 0.867. The molecular formula is C15H30O. The van der Waals surface area contributed by atoms with Gasteiger partial charge >= 0.3 is 0 Å². The fourth-order valence-corrected chi connectivity index (χ4v) is 1.85. The zero-order valence-corrected chi connectivity index (χ0v) is 11.3. The molecule has 0 heterocycles. The van der Waals surface area contributed by atoms with Gasteiger partial charge in [0.1, 0.15) is 0 Å². The zero-order valence-electron chi connectivity index (χ0n) is 11.3. The van der Waals surface area contributed by atoms with Crippen LogP contribution < -0.4 is 0 Å². The van der Waals surface area contributed by atoms with Crippen LogP contribution in [0.15, 0.2) is 12.2 Å². The van der Waals surface area contributed by atoms with E-state index < -0.39 is 0 Å². The van der Waals surface area contributed by atoms with Gasteiger partial charge in [-0.1, -0.05) is 70.4 Å². The smallest absolute Gasteiger partial charge is 0.0643 e. The molecule has 0 amide bonds. The highest BCUT2D eigenvalue weighted by Gasteiger charge is 1.90. The Morgan fingerprint density at radius 3 is 1.88 bits per heavy atom. The highest BCUT2D eigenvalue weighted by atomic mass is 16.5. The molecule has 0 bridgehead atoms. The fourth-order valence-electron chi connectivity index (χ4n) is 1.85. The third-order valence-electron chi connectivity index (χ3n) is 2.90. The van der Waals surface area contributed by atoms with Crippen molar-refractivity contribution >= 4 is 0 Å². The summed E-state index contributed by atoms with van der Waals surface area (Å²) in [5.41, 5.74) is 0. The normalized spacial score (nSPS) is 11.4. The Kier molecular flexibility index (Phi) is 14.4. The van der Waals surface area contributed by atoms with Crippen LogP contribution in [0.25, 0.3) is 0 Å². The molecule has 1 heteroatoms. The van der Waals surface area contributed by atoms with E-state index in [4.69, 9.17) is 4.74 Å². The topological polar surface area (TPSA) is 9.23 Å². The lowest BCUT2D eigenvalue weighted by Gasteiger charge is -2.00. The van der Waals surface area contributed by atoms with E-state index in [1.807, 2.05) is 0 Å². The van der Waals surface area contributed by atoms with Crippen LogP contribution in [-0.2, 0) is 4.74 Å². The van der Waals surface area contributed by atoms with Crippen LogP contribution in [0.4, 0.5) is 0 Å². The molecule has 0 N–H and O–H groups in total. The first kappa shape index (κ1) is 15.7. The number of hydrogen-bond donors (Lipinski definition) is 0. The Balaban J connectivity index is 2.93. The van der Waals surface area contributed by atoms with Gasteiger partial charge in [0.2, 0.25) is 0 Å². The van der Waals surface area contributed by atoms with Crippen molar-refractivity contribution in [1.82, 2.24) is 0 Å². The minimum atomic E-state index is 0.761. The predicted molar refractivity (Wildman–Crippen MR) is 72.9 cm³/mol. The second-order valence-corrected chi connectivity index (χ2v) is 4.54. The average Bonchev–Trinajstić information content (AvgIpc) is 2.31. The molecule has 0 aromatic carbocycles. The summed E-state index contributed by atoms with van der Waals surface area (Å²) < 4.78 is 4.95. The summed E-state index contributed by atoms with van der Waals surface area (Å²) in [4.78, 5) is 0. The van der Waals surface area contributed by atoms with Crippen molar-refractivity contribution in [3.8, 4) is 0 Å². The summed E-state index contributed by atoms with van der Waals surface area (Å²) in [6.07, 6.45) is 18.3. The van der Waals surface area contributed by atoms with Gasteiger partial charge in [-0.25, -0.2) is 0 Å². The predicted octanol–water partition coefficient (Wildman–Crippen LogP) is 5.11. The lowest BCUT2D eigenvalue weighted by molar-refractivity contribution is 0.233. The summed E-state index contributed by atoms with van der Waals surface area (Å²) >= 11 is 0. The largest absolute Gasteiger partial charge is 0.381 e. The molecule has 0 radical (unpaired) electrons. The van der Waals surface area contributed by atoms with Crippen molar-refractivity contribution in [3.63, 3.8) is 0 Å². The zero-order chi connectivity index (χ0) is 11.9. The lowest BCUT2D eigenvalue weighted by Crippen LogP contribution is -1.82. The molecule has 0 spiro atoms. The monoisotopic (exact) mass is 226 g/mol. The molecule has 0 aromatic heterocycles. The summed E-state index contributed by atoms with van der Waals surface area (Å²) in [7, 11) is 1.74. The molecule has 0 saturated carbocycles. The molecule has 0 unspecified atom stereocenters. The van der Waals surface area contributed by atoms with E-state index in [1.165, 1.54) is 64.2 Å². The van der Waals surface area contributed by atoms with Gasteiger partial charge in [-0.15, -0.1) is 0 Å². The summed E-state index contributed by atoms with van der Waals surface area (Å²) in [6, 6.07) is 0. The van der Waals surface area contributed by atoms with Gasteiger partial charge in [0.15, 0.2) is 0 Å². The maximum absolute atomic E-state index is 4.95. The number of allylic oxidation sites excluding steroid dienone is 1. The second-order valence-electron chi connectivity index (χ2n) is 4.54. The summed E-state index contributed by atoms with van der Waals surface area (Å²) in [5.74, 6) is 0. The van der Waals surface area contributed by atoms with Gasteiger partial charge in [0, 0.05) is 7.11 Å². The number of rotatable bonds is 12. The minimum Gasteiger partial charge on any atom is -0.381 e. The van der Waals surface area contributed by atoms with Crippen molar-refractivity contribution in [1.29, 1.82) is 0 Å². The van der Waals surface area contributed by atoms with E-state index in [-0.39, 0.29) is 0 Å². The molecule has 0 aliphatic carbocycles. The Hall–Kier alpha value is -0.300. The van der Waals surface area contributed by atoms with Crippen LogP contribution in [0.3, 0.4) is 0 Å². The number of methoxy groups -OCH3 is 1. The highest BCUT2D eigenvalue weighted by molar-refractivity contribution is 4.80. The minimum absolute atomic E-state index is 0.761. The number of unbranched alkanes of at least 4 members (excludes halogenated alkanes) is 9. The quantitative estimate of drug-likeness (QED) is 0.332. The second kappa shape index (κ2) is 14.7. The third-order valence-corrected chi connectivity index (χ3v) is 2.90. The van der Waals surface area contributed by atoms with E-state index in [0.29, 0.717) is 0 Å². The standard InChI is InChI=1S/C15H30O/c1-3-4-5-6-7-8-9-10-11-12-13-14-15-16-2/h13-14H,3-12,15H2,1-2H3/b14-13+. The van der Waals surface area contributed by atoms with Crippen molar-refractivity contribution in [2.45, 2.75) is 71.1 Å². The van der Waals surface area contributed by atoms with Gasteiger partial charge in [0.05, 0.1) is 6.61 Å². The lowest BCUT2D eigenvalue weighted by atomic mass is 10.1. The van der Waals surface area contributed by atoms with E-state index in [0.717, 1.165) is 6.61 Å². The number of hydrogen-bond acceptors (Lipinski definition) is 1. The SMILES string of the molecule is CCCCCCCCCCC/C=C/COC. The Bertz CT molecular complexity index is 140. The van der Waals surface area contributed by atoms with Crippen LogP contribution >= 0.6 is 0 Å². The van der Waals surface area contributed by atoms with Crippen LogP contribution in [0, 0.1) is 0 Å². The van der Waals surface area contributed by atoms with E-state index in [2.05, 4.69) is 19.1 Å². The molecule has 0 atom stereocenters. The van der Waals surface area contributed by atoms with Crippen molar-refractivity contribution in [3.05, 3.63) is 12.2 Å². The Morgan fingerprint density at radius 1 is 0.750 bits per heavy atom. The molecule has 1 nitrogen and oxygen atoms in total. The van der Waals surface area contributed by atoms with Crippen molar-refractivity contribution in [2.75, 3.05) is 13.7 Å². The summed E-state index contributed by atoms with van der Waals surface area (Å²) in [5, 5.41) is 0. The maximum atomic E-state index is 4.95. The van der Waals surface area contributed by atoms with Crippen molar-refractivity contribution in [2.24, 2.45) is 0 Å². The first-order chi connectivity index (χ1) is 7.91. The summed E-state index contributed by atoms with van der Waals surface area (Å²) in [6.45, 7) is 3.04. The maximum Gasteiger partial charge on any atom is 0.0643 e. The molecule has 16 heavy (non-hydrogen) atoms. The number of ether oxygens (including phenoxy) is 1. The third kappa shape index (κ3) is 13.7. The van der Waals surface area contributed by atoms with Crippen LogP contribution in [-0.4, -0.2) is 13.7 Å². The van der Waals surface area contributed by atoms with Crippen LogP contribution in [0.2, 0.25) is 0 Å². The van der Waals surface area contributed by atoms with Gasteiger partial charge in [0.25, 0.3) is 0 Å². The Labute approximate surface area is 102 Å². The Morgan fingerprint density at radius 2 is 1.31 bits per heavy atom. The van der Waals surface area contributed by atoms with Gasteiger partial charge < -0.3 is 4.74 Å². The van der Waals surface area contributed by atoms with E-state index >= 15 is 0 Å². The first-order valence-corrected chi connectivity index (χ1v) is 7.05. The molecule has 96 valence electrons. The molecule has 0 fully saturated rings. The molecule has 0 aromatic rings. The highest BCUT2D eigenvalue weighted by Crippen LogP contribution is 2.10. The van der Waals surface area contributed by atoms with Gasteiger partial charge in [-0.2, -0.15) is 0 Å². The van der Waals surface area contributed by atoms with Crippen molar-refractivity contribution < 1.29 is 4.74 Å². The molecular weight excluding hydrogens is 196 g/mol. The van der Waals surface area contributed by atoms with Crippen LogP contribution in [0.1, 0.15) is 71.1 Å². The van der Waals surface area contributed by atoms with Gasteiger partial charge in [-0.3, -0.25) is 0 Å². The van der Waals surface area contributed by atoms with Crippen LogP contribution in [0.5, 0.6) is 0 Å². The van der Waals surface area contributed by atoms with E-state index in [9.17, 15) is 0 Å². The van der Waals surface area contributed by atoms with Gasteiger partial charge in [-0.05, 0) is 12.8 Å².